The van der Waals surface area contributed by atoms with Crippen LogP contribution < -0.4 is 19.6 Å². The molecular formula is C25H23ClN6O4S. The van der Waals surface area contributed by atoms with Crippen LogP contribution in [0.5, 0.6) is 17.2 Å². The molecule has 37 heavy (non-hydrogen) atoms. The summed E-state index contributed by atoms with van der Waals surface area (Å²) in [6.45, 7) is 0. The van der Waals surface area contributed by atoms with Crippen molar-refractivity contribution < 1.29 is 19.0 Å². The van der Waals surface area contributed by atoms with E-state index in [0.29, 0.717) is 38.8 Å². The minimum Gasteiger partial charge on any atom is -0.493 e. The minimum absolute atomic E-state index is 0.0641. The highest BCUT2D eigenvalue weighted by Gasteiger charge is 2.17. The fraction of sp³-hybridized carbons (Fsp3) is 0.160. The summed E-state index contributed by atoms with van der Waals surface area (Å²) in [6.07, 6.45) is 4.86. The molecule has 2 heterocycles. The number of aromatic nitrogens is 4. The van der Waals surface area contributed by atoms with Crippen LogP contribution in [0.1, 0.15) is 5.56 Å². The van der Waals surface area contributed by atoms with Crippen molar-refractivity contribution >= 4 is 35.5 Å². The molecule has 0 radical (unpaired) electrons. The van der Waals surface area contributed by atoms with Crippen LogP contribution in [-0.4, -0.2) is 59.0 Å². The number of hydrogen-bond donors (Lipinski definition) is 1. The molecule has 4 rings (SSSR count). The van der Waals surface area contributed by atoms with Crippen LogP contribution in [0.4, 0.5) is 0 Å². The van der Waals surface area contributed by atoms with Crippen LogP contribution in [0.2, 0.25) is 5.02 Å². The van der Waals surface area contributed by atoms with Gasteiger partial charge in [-0.15, -0.1) is 10.2 Å². The zero-order valence-electron chi connectivity index (χ0n) is 20.2. The maximum Gasteiger partial charge on any atom is 0.250 e. The molecule has 0 fully saturated rings. The lowest BCUT2D eigenvalue weighted by Gasteiger charge is -2.12. The molecule has 4 aromatic rings. The first-order valence-electron chi connectivity index (χ1n) is 10.9. The number of rotatable bonds is 10. The van der Waals surface area contributed by atoms with Gasteiger partial charge in [0.1, 0.15) is 0 Å². The van der Waals surface area contributed by atoms with Crippen molar-refractivity contribution in [2.24, 2.45) is 5.10 Å². The molecule has 0 unspecified atom stereocenters. The van der Waals surface area contributed by atoms with Gasteiger partial charge >= 0.3 is 0 Å². The second-order valence-electron chi connectivity index (χ2n) is 7.39. The van der Waals surface area contributed by atoms with Crippen molar-refractivity contribution in [2.45, 2.75) is 5.16 Å². The maximum atomic E-state index is 12.5. The largest absolute Gasteiger partial charge is 0.493 e. The number of hydrazone groups is 1. The van der Waals surface area contributed by atoms with Gasteiger partial charge in [0.05, 0.1) is 33.3 Å². The number of carbonyl (C=O) groups is 1. The van der Waals surface area contributed by atoms with E-state index in [0.717, 1.165) is 11.3 Å². The molecule has 190 valence electrons. The molecule has 0 aliphatic carbocycles. The normalized spacial score (nSPS) is 10.9. The summed E-state index contributed by atoms with van der Waals surface area (Å²) >= 11 is 7.30. The third-order valence-electron chi connectivity index (χ3n) is 5.08. The lowest BCUT2D eigenvalue weighted by molar-refractivity contribution is -0.118. The van der Waals surface area contributed by atoms with E-state index >= 15 is 0 Å². The van der Waals surface area contributed by atoms with Gasteiger partial charge in [-0.05, 0) is 48.5 Å². The number of ether oxygens (including phenoxy) is 3. The highest BCUT2D eigenvalue weighted by molar-refractivity contribution is 7.99. The molecule has 1 amide bonds. The van der Waals surface area contributed by atoms with Crippen molar-refractivity contribution in [1.29, 1.82) is 0 Å². The summed E-state index contributed by atoms with van der Waals surface area (Å²) in [6, 6.07) is 14.4. The summed E-state index contributed by atoms with van der Waals surface area (Å²) < 4.78 is 17.9. The van der Waals surface area contributed by atoms with Crippen molar-refractivity contribution in [3.8, 4) is 34.3 Å². The molecule has 0 atom stereocenters. The van der Waals surface area contributed by atoms with Gasteiger partial charge in [-0.1, -0.05) is 23.4 Å². The zero-order chi connectivity index (χ0) is 26.2. The highest BCUT2D eigenvalue weighted by atomic mass is 35.5. The topological polar surface area (TPSA) is 113 Å². The van der Waals surface area contributed by atoms with Gasteiger partial charge in [0, 0.05) is 34.2 Å². The molecule has 2 aromatic carbocycles. The number of nitrogens with zero attached hydrogens (tertiary/aromatic N) is 5. The molecule has 0 saturated heterocycles. The molecule has 10 nitrogen and oxygen atoms in total. The Bertz CT molecular complexity index is 1370. The van der Waals surface area contributed by atoms with Crippen LogP contribution in [0.15, 0.2) is 71.2 Å². The van der Waals surface area contributed by atoms with Crippen molar-refractivity contribution in [1.82, 2.24) is 25.2 Å². The maximum absolute atomic E-state index is 12.5. The fourth-order valence-corrected chi connectivity index (χ4v) is 4.26. The van der Waals surface area contributed by atoms with Crippen LogP contribution in [-0.2, 0) is 4.79 Å². The van der Waals surface area contributed by atoms with Crippen LogP contribution in [0.25, 0.3) is 17.1 Å². The third kappa shape index (κ3) is 6.19. The van der Waals surface area contributed by atoms with Gasteiger partial charge in [-0.2, -0.15) is 5.10 Å². The van der Waals surface area contributed by atoms with E-state index < -0.39 is 0 Å². The number of thioether (sulfide) groups is 1. The summed E-state index contributed by atoms with van der Waals surface area (Å²) in [5.41, 5.74) is 4.83. The third-order valence-corrected chi connectivity index (χ3v) is 6.26. The first-order chi connectivity index (χ1) is 18.0. The molecule has 0 aliphatic heterocycles. The predicted molar refractivity (Wildman–Crippen MR) is 142 cm³/mol. The van der Waals surface area contributed by atoms with Gasteiger partial charge < -0.3 is 14.2 Å². The van der Waals surface area contributed by atoms with Crippen LogP contribution in [0, 0.1) is 0 Å². The summed E-state index contributed by atoms with van der Waals surface area (Å²) in [7, 11) is 4.58. The highest BCUT2D eigenvalue weighted by Crippen LogP contribution is 2.37. The Kier molecular flexibility index (Phi) is 8.60. The molecule has 2 aromatic heterocycles. The van der Waals surface area contributed by atoms with Gasteiger partial charge in [0.2, 0.25) is 5.75 Å². The van der Waals surface area contributed by atoms with Gasteiger partial charge in [-0.25, -0.2) is 5.43 Å². The van der Waals surface area contributed by atoms with E-state index in [-0.39, 0.29) is 11.7 Å². The Labute approximate surface area is 222 Å². The van der Waals surface area contributed by atoms with E-state index in [1.807, 2.05) is 28.8 Å². The average Bonchev–Trinajstić information content (AvgIpc) is 3.36. The van der Waals surface area contributed by atoms with E-state index in [1.165, 1.54) is 39.3 Å². The minimum atomic E-state index is -0.315. The standard InChI is InChI=1S/C25H23ClN6O4S/c1-34-20-12-16(13-21(35-2)23(20)36-3)14-28-29-22(33)15-37-25-31-30-24(17-8-10-27-11-9-17)32(25)19-6-4-18(26)5-7-19/h4-14H,15H2,1-3H3,(H,29,33)/b28-14-. The van der Waals surface area contributed by atoms with Gasteiger partial charge in [0.15, 0.2) is 22.5 Å². The van der Waals surface area contributed by atoms with Crippen molar-refractivity contribution in [3.63, 3.8) is 0 Å². The summed E-state index contributed by atoms with van der Waals surface area (Å²) in [5, 5.41) is 13.9. The Morgan fingerprint density at radius 3 is 2.32 bits per heavy atom. The number of carbonyl (C=O) groups excluding carboxylic acids is 1. The second-order valence-corrected chi connectivity index (χ2v) is 8.77. The number of benzene rings is 2. The van der Waals surface area contributed by atoms with Crippen LogP contribution >= 0.6 is 23.4 Å². The van der Waals surface area contributed by atoms with Crippen LogP contribution in [0.3, 0.4) is 0 Å². The first kappa shape index (κ1) is 26.0. The number of methoxy groups -OCH3 is 3. The van der Waals surface area contributed by atoms with Gasteiger partial charge in [0.25, 0.3) is 5.91 Å². The first-order valence-corrected chi connectivity index (χ1v) is 12.3. The number of hydrogen-bond acceptors (Lipinski definition) is 9. The molecule has 0 aliphatic rings. The number of amides is 1. The Balaban J connectivity index is 1.48. The average molecular weight is 539 g/mol. The van der Waals surface area contributed by atoms with Crippen molar-refractivity contribution in [3.05, 3.63) is 71.5 Å². The molecule has 0 saturated carbocycles. The molecule has 0 bridgehead atoms. The Hall–Kier alpha value is -4.09. The number of nitrogens with one attached hydrogen (secondary N) is 1. The lowest BCUT2D eigenvalue weighted by atomic mass is 10.2. The second kappa shape index (κ2) is 12.2. The smallest absolute Gasteiger partial charge is 0.250 e. The van der Waals surface area contributed by atoms with E-state index in [9.17, 15) is 4.79 Å². The quantitative estimate of drug-likeness (QED) is 0.181. The molecule has 0 spiro atoms. The number of pyridine rings is 1. The summed E-state index contributed by atoms with van der Waals surface area (Å²) in [5.74, 6) is 1.80. The lowest BCUT2D eigenvalue weighted by Crippen LogP contribution is -2.20. The van der Waals surface area contributed by atoms with E-state index in [1.54, 1.807) is 36.7 Å². The fourth-order valence-electron chi connectivity index (χ4n) is 3.39. The predicted octanol–water partition coefficient (Wildman–Crippen LogP) is 4.25. The van der Waals surface area contributed by atoms with E-state index in [2.05, 4.69) is 25.7 Å². The van der Waals surface area contributed by atoms with E-state index in [4.69, 9.17) is 25.8 Å². The van der Waals surface area contributed by atoms with Crippen molar-refractivity contribution in [2.75, 3.05) is 27.1 Å². The SMILES string of the molecule is COc1cc(/C=N\NC(=O)CSc2nnc(-c3ccncc3)n2-c2ccc(Cl)cc2)cc(OC)c1OC. The Morgan fingerprint density at radius 2 is 1.70 bits per heavy atom. The van der Waals surface area contributed by atoms with Gasteiger partial charge in [-0.3, -0.25) is 14.3 Å². The molecule has 1 N–H and O–H groups in total. The Morgan fingerprint density at radius 1 is 1.03 bits per heavy atom. The number of halogens is 1. The zero-order valence-corrected chi connectivity index (χ0v) is 21.8. The monoisotopic (exact) mass is 538 g/mol. The summed E-state index contributed by atoms with van der Waals surface area (Å²) in [4.78, 5) is 16.6. The molecule has 12 heteroatoms. The molecular weight excluding hydrogens is 516 g/mol.